The van der Waals surface area contributed by atoms with E-state index < -0.39 is 0 Å². The van der Waals surface area contributed by atoms with Gasteiger partial charge in [-0.3, -0.25) is 4.79 Å². The smallest absolute Gasteiger partial charge is 0.244 e. The first-order valence-corrected chi connectivity index (χ1v) is 7.61. The predicted molar refractivity (Wildman–Crippen MR) is 87.5 cm³/mol. The second-order valence-electron chi connectivity index (χ2n) is 5.43. The van der Waals surface area contributed by atoms with Crippen LogP contribution in [0.4, 0.5) is 0 Å². The van der Waals surface area contributed by atoms with E-state index in [4.69, 9.17) is 9.84 Å². The van der Waals surface area contributed by atoms with Crippen molar-refractivity contribution >= 4 is 11.5 Å². The zero-order valence-electron chi connectivity index (χ0n) is 13.1. The number of amides is 1. The molecule has 1 aromatic rings. The number of carbonyl (C=O) groups is 1. The maximum absolute atomic E-state index is 12.2. The number of hydrogen-bond acceptors (Lipinski definition) is 3. The molecule has 0 fully saturated rings. The second-order valence-corrected chi connectivity index (χ2v) is 5.43. The summed E-state index contributed by atoms with van der Waals surface area (Å²) in [7, 11) is 1.63. The molecule has 1 aliphatic rings. The molecular weight excluding hydrogens is 278 g/mol. The Kier molecular flexibility index (Phi) is 5.78. The van der Waals surface area contributed by atoms with E-state index in [1.165, 1.54) is 0 Å². The Bertz CT molecular complexity index is 560. The average Bonchev–Trinajstić information content (AvgIpc) is 3.00. The standard InChI is InChI=1S/C18H23NO3/c1-3-14(15-5-8-17(22-2)9-6-15)11-18(21)19-16-7-4-13(10-16)12-20/h4-9,11,13,16,20H,3,10,12H2,1-2H3,(H,19,21)/b14-11-/t13-,16+/m0/s1. The zero-order chi connectivity index (χ0) is 15.9. The van der Waals surface area contributed by atoms with Crippen molar-refractivity contribution in [2.24, 2.45) is 5.92 Å². The van der Waals surface area contributed by atoms with Gasteiger partial charge in [0.15, 0.2) is 0 Å². The molecule has 0 spiro atoms. The maximum Gasteiger partial charge on any atom is 0.244 e. The van der Waals surface area contributed by atoms with Crippen molar-refractivity contribution in [2.75, 3.05) is 13.7 Å². The largest absolute Gasteiger partial charge is 0.497 e. The van der Waals surface area contributed by atoms with Crippen molar-refractivity contribution < 1.29 is 14.6 Å². The molecule has 0 aromatic heterocycles. The van der Waals surface area contributed by atoms with Crippen LogP contribution in [-0.2, 0) is 4.79 Å². The summed E-state index contributed by atoms with van der Waals surface area (Å²) < 4.78 is 5.15. The minimum Gasteiger partial charge on any atom is -0.497 e. The van der Waals surface area contributed by atoms with E-state index >= 15 is 0 Å². The van der Waals surface area contributed by atoms with Gasteiger partial charge in [-0.15, -0.1) is 0 Å². The predicted octanol–water partition coefficient (Wildman–Crippen LogP) is 2.54. The van der Waals surface area contributed by atoms with Crippen LogP contribution in [0, 0.1) is 5.92 Å². The van der Waals surface area contributed by atoms with Crippen molar-refractivity contribution in [1.82, 2.24) is 5.32 Å². The number of ether oxygens (including phenoxy) is 1. The Balaban J connectivity index is 2.01. The minimum atomic E-state index is -0.0964. The van der Waals surface area contributed by atoms with Crippen LogP contribution in [-0.4, -0.2) is 30.8 Å². The minimum absolute atomic E-state index is 0.00914. The summed E-state index contributed by atoms with van der Waals surface area (Å²) in [6.07, 6.45) is 7.10. The Morgan fingerprint density at radius 3 is 2.64 bits per heavy atom. The van der Waals surface area contributed by atoms with Gasteiger partial charge in [0.2, 0.25) is 5.91 Å². The highest BCUT2D eigenvalue weighted by atomic mass is 16.5. The van der Waals surface area contributed by atoms with Crippen LogP contribution in [0.25, 0.3) is 5.57 Å². The van der Waals surface area contributed by atoms with Gasteiger partial charge in [0.05, 0.1) is 7.11 Å². The molecule has 0 radical (unpaired) electrons. The number of hydrogen-bond donors (Lipinski definition) is 2. The molecule has 4 heteroatoms. The van der Waals surface area contributed by atoms with E-state index in [0.717, 1.165) is 29.7 Å². The Labute approximate surface area is 131 Å². The van der Waals surface area contributed by atoms with Gasteiger partial charge in [0.1, 0.15) is 5.75 Å². The number of allylic oxidation sites excluding steroid dienone is 1. The molecule has 4 nitrogen and oxygen atoms in total. The van der Waals surface area contributed by atoms with Crippen molar-refractivity contribution in [3.8, 4) is 5.75 Å². The highest BCUT2D eigenvalue weighted by molar-refractivity contribution is 5.95. The van der Waals surface area contributed by atoms with Gasteiger partial charge in [-0.2, -0.15) is 0 Å². The van der Waals surface area contributed by atoms with Crippen LogP contribution < -0.4 is 10.1 Å². The van der Waals surface area contributed by atoms with Crippen molar-refractivity contribution in [3.63, 3.8) is 0 Å². The fourth-order valence-corrected chi connectivity index (χ4v) is 2.59. The molecule has 1 amide bonds. The lowest BCUT2D eigenvalue weighted by atomic mass is 10.0. The summed E-state index contributed by atoms with van der Waals surface area (Å²) in [6, 6.07) is 7.71. The molecule has 0 aliphatic heterocycles. The molecule has 0 saturated heterocycles. The quantitative estimate of drug-likeness (QED) is 0.627. The first kappa shape index (κ1) is 16.3. The van der Waals surface area contributed by atoms with E-state index in [1.807, 2.05) is 43.3 Å². The van der Waals surface area contributed by atoms with Crippen LogP contribution in [0.15, 0.2) is 42.5 Å². The molecule has 1 aliphatic carbocycles. The average molecular weight is 301 g/mol. The third-order valence-corrected chi connectivity index (χ3v) is 3.88. The molecule has 1 aromatic carbocycles. The van der Waals surface area contributed by atoms with Crippen LogP contribution in [0.1, 0.15) is 25.3 Å². The summed E-state index contributed by atoms with van der Waals surface area (Å²) in [6.45, 7) is 2.16. The lowest BCUT2D eigenvalue weighted by Gasteiger charge is -2.12. The summed E-state index contributed by atoms with van der Waals surface area (Å²) >= 11 is 0. The zero-order valence-corrected chi connectivity index (χ0v) is 13.1. The number of nitrogens with one attached hydrogen (secondary N) is 1. The van der Waals surface area contributed by atoms with Crippen LogP contribution in [0.5, 0.6) is 5.75 Å². The lowest BCUT2D eigenvalue weighted by molar-refractivity contribution is -0.116. The number of benzene rings is 1. The van der Waals surface area contributed by atoms with Gasteiger partial charge < -0.3 is 15.2 Å². The van der Waals surface area contributed by atoms with E-state index in [1.54, 1.807) is 13.2 Å². The van der Waals surface area contributed by atoms with Gasteiger partial charge >= 0.3 is 0 Å². The van der Waals surface area contributed by atoms with Crippen molar-refractivity contribution in [3.05, 3.63) is 48.1 Å². The first-order valence-electron chi connectivity index (χ1n) is 7.61. The van der Waals surface area contributed by atoms with E-state index in [9.17, 15) is 4.79 Å². The summed E-state index contributed by atoms with van der Waals surface area (Å²) in [5, 5.41) is 12.1. The third kappa shape index (κ3) is 4.21. The molecule has 2 N–H and O–H groups in total. The fourth-order valence-electron chi connectivity index (χ4n) is 2.59. The molecule has 22 heavy (non-hydrogen) atoms. The van der Waals surface area contributed by atoms with Gasteiger partial charge in [0, 0.05) is 24.6 Å². The van der Waals surface area contributed by atoms with Crippen molar-refractivity contribution in [2.45, 2.75) is 25.8 Å². The van der Waals surface area contributed by atoms with Gasteiger partial charge in [-0.25, -0.2) is 0 Å². The van der Waals surface area contributed by atoms with Crippen molar-refractivity contribution in [1.29, 1.82) is 0 Å². The fraction of sp³-hybridized carbons (Fsp3) is 0.389. The number of rotatable bonds is 6. The Hall–Kier alpha value is -2.07. The monoisotopic (exact) mass is 301 g/mol. The SMILES string of the molecule is CC/C(=C/C(=O)N[C@@H]1C=C[C@H](CO)C1)c1ccc(OC)cc1. The molecule has 0 saturated carbocycles. The Morgan fingerprint density at radius 1 is 1.36 bits per heavy atom. The maximum atomic E-state index is 12.2. The van der Waals surface area contributed by atoms with Gasteiger partial charge in [0.25, 0.3) is 0 Å². The van der Waals surface area contributed by atoms with Crippen LogP contribution >= 0.6 is 0 Å². The van der Waals surface area contributed by atoms with Crippen LogP contribution in [0.2, 0.25) is 0 Å². The number of methoxy groups -OCH3 is 1. The van der Waals surface area contributed by atoms with E-state index in [2.05, 4.69) is 5.32 Å². The van der Waals surface area contributed by atoms with E-state index in [0.29, 0.717) is 0 Å². The third-order valence-electron chi connectivity index (χ3n) is 3.88. The highest BCUT2D eigenvalue weighted by Crippen LogP contribution is 2.21. The summed E-state index contributed by atoms with van der Waals surface area (Å²) in [5.41, 5.74) is 2.01. The summed E-state index contributed by atoms with van der Waals surface area (Å²) in [5.74, 6) is 0.859. The molecule has 0 heterocycles. The summed E-state index contributed by atoms with van der Waals surface area (Å²) in [4.78, 5) is 12.2. The topological polar surface area (TPSA) is 58.6 Å². The van der Waals surface area contributed by atoms with Gasteiger partial charge in [-0.05, 0) is 36.1 Å². The molecule has 2 atom stereocenters. The molecule has 118 valence electrons. The van der Waals surface area contributed by atoms with Gasteiger partial charge in [-0.1, -0.05) is 31.2 Å². The molecular formula is C18H23NO3. The lowest BCUT2D eigenvalue weighted by Crippen LogP contribution is -2.31. The highest BCUT2D eigenvalue weighted by Gasteiger charge is 2.19. The first-order chi connectivity index (χ1) is 10.7. The molecule has 0 unspecified atom stereocenters. The molecule has 0 bridgehead atoms. The number of aliphatic hydroxyl groups is 1. The molecule has 2 rings (SSSR count). The Morgan fingerprint density at radius 2 is 2.09 bits per heavy atom. The number of aliphatic hydroxyl groups excluding tert-OH is 1. The second kappa shape index (κ2) is 7.80. The van der Waals surface area contributed by atoms with E-state index in [-0.39, 0.29) is 24.5 Å². The normalized spacial score (nSPS) is 21.0. The van der Waals surface area contributed by atoms with Crippen LogP contribution in [0.3, 0.4) is 0 Å². The number of carbonyl (C=O) groups excluding carboxylic acids is 1.